The Balaban J connectivity index is 1.84. The molecule has 190 valence electrons. The summed E-state index contributed by atoms with van der Waals surface area (Å²) in [4.78, 5) is 27.0. The summed E-state index contributed by atoms with van der Waals surface area (Å²) in [6.45, 7) is 9.32. The Morgan fingerprint density at radius 1 is 1.11 bits per heavy atom. The highest BCUT2D eigenvalue weighted by atomic mass is 16.1. The number of hydrogen-bond donors (Lipinski definition) is 1. The van der Waals surface area contributed by atoms with Gasteiger partial charge in [-0.1, -0.05) is 36.4 Å². The van der Waals surface area contributed by atoms with Crippen molar-refractivity contribution in [2.24, 2.45) is 11.7 Å². The first-order chi connectivity index (χ1) is 18.3. The smallest absolute Gasteiger partial charge is 0.162 e. The van der Waals surface area contributed by atoms with E-state index in [0.29, 0.717) is 22.8 Å². The van der Waals surface area contributed by atoms with Crippen LogP contribution < -0.4 is 5.73 Å². The molecule has 1 unspecified atom stereocenters. The number of hydrogen-bond acceptors (Lipinski definition) is 5. The molecule has 0 spiro atoms. The molecule has 1 atom stereocenters. The molecule has 2 N–H and O–H groups in total. The molecule has 6 heteroatoms. The fraction of sp³-hybridized carbons (Fsp3) is 0.188. The molecule has 0 amide bonds. The Kier molecular flexibility index (Phi) is 6.64. The molecular formula is C32H31N5O. The van der Waals surface area contributed by atoms with Crippen molar-refractivity contribution in [2.75, 3.05) is 0 Å². The number of ketones is 1. The van der Waals surface area contributed by atoms with Crippen LogP contribution in [-0.2, 0) is 10.3 Å². The van der Waals surface area contributed by atoms with Gasteiger partial charge in [0.2, 0.25) is 0 Å². The number of nitrogens with two attached hydrogens (primary N) is 1. The zero-order valence-electron chi connectivity index (χ0n) is 21.9. The molecule has 4 heterocycles. The number of carbonyl (C=O) groups is 1. The van der Waals surface area contributed by atoms with Gasteiger partial charge in [0, 0.05) is 47.2 Å². The second-order valence-corrected chi connectivity index (χ2v) is 9.77. The van der Waals surface area contributed by atoms with Gasteiger partial charge >= 0.3 is 0 Å². The first-order valence-corrected chi connectivity index (χ1v) is 12.7. The number of allylic oxidation sites excluding steroid dienone is 7. The van der Waals surface area contributed by atoms with E-state index in [-0.39, 0.29) is 5.78 Å². The topological polar surface area (TPSA) is 86.7 Å². The van der Waals surface area contributed by atoms with E-state index in [1.807, 2.05) is 48.5 Å². The molecule has 38 heavy (non-hydrogen) atoms. The van der Waals surface area contributed by atoms with Gasteiger partial charge in [0.1, 0.15) is 5.54 Å². The van der Waals surface area contributed by atoms with Crippen molar-refractivity contribution in [3.05, 3.63) is 126 Å². The zero-order valence-corrected chi connectivity index (χ0v) is 21.9. The standard InChI is InChI=1S/C32H31N5O/c1-5-23-12-14-24(15-13-23)26-20-37(27-18-25(19-36-31(26)27)30(21(2)33)22(3)38)32(4,28-10-6-8-16-34-28)29-11-7-9-17-35-29/h5-12,14-20,23H,1,13,33H2,2-4H3. The molecule has 0 bridgehead atoms. The van der Waals surface area contributed by atoms with E-state index in [2.05, 4.69) is 42.5 Å². The summed E-state index contributed by atoms with van der Waals surface area (Å²) in [5, 5.41) is 0. The van der Waals surface area contributed by atoms with E-state index in [0.717, 1.165) is 40.0 Å². The quantitative estimate of drug-likeness (QED) is 0.246. The van der Waals surface area contributed by atoms with Gasteiger partial charge in [-0.05, 0) is 69.0 Å². The lowest BCUT2D eigenvalue weighted by Gasteiger charge is -2.31. The minimum absolute atomic E-state index is 0.102. The fourth-order valence-corrected chi connectivity index (χ4v) is 5.22. The van der Waals surface area contributed by atoms with Crippen LogP contribution in [0.15, 0.2) is 104 Å². The van der Waals surface area contributed by atoms with E-state index in [1.165, 1.54) is 6.92 Å². The van der Waals surface area contributed by atoms with Gasteiger partial charge in [-0.15, -0.1) is 6.58 Å². The summed E-state index contributed by atoms with van der Waals surface area (Å²) in [6.07, 6.45) is 16.8. The molecule has 0 saturated carbocycles. The Morgan fingerprint density at radius 3 is 2.29 bits per heavy atom. The SMILES string of the molecule is C=CC1C=CC(c2cn(C(C)(c3ccccn3)c3ccccn3)c3cc(C(C(C)=O)=C(C)N)cnc23)=CC1. The van der Waals surface area contributed by atoms with Crippen LogP contribution in [0.1, 0.15) is 49.7 Å². The summed E-state index contributed by atoms with van der Waals surface area (Å²) in [6, 6.07) is 13.8. The number of aromatic nitrogens is 4. The van der Waals surface area contributed by atoms with Crippen molar-refractivity contribution in [3.8, 4) is 0 Å². The van der Waals surface area contributed by atoms with Crippen LogP contribution >= 0.6 is 0 Å². The van der Waals surface area contributed by atoms with Gasteiger partial charge in [-0.2, -0.15) is 0 Å². The average molecular weight is 502 g/mol. The number of nitrogens with zero attached hydrogens (tertiary/aromatic N) is 4. The highest BCUT2D eigenvalue weighted by molar-refractivity contribution is 6.20. The normalized spacial score (nSPS) is 16.2. The predicted octanol–water partition coefficient (Wildman–Crippen LogP) is 6.06. The predicted molar refractivity (Wildman–Crippen MR) is 153 cm³/mol. The van der Waals surface area contributed by atoms with Crippen LogP contribution in [0.3, 0.4) is 0 Å². The lowest BCUT2D eigenvalue weighted by Crippen LogP contribution is -2.34. The maximum Gasteiger partial charge on any atom is 0.162 e. The molecule has 0 saturated heterocycles. The van der Waals surface area contributed by atoms with E-state index in [1.54, 1.807) is 25.5 Å². The monoisotopic (exact) mass is 501 g/mol. The van der Waals surface area contributed by atoms with Gasteiger partial charge in [-0.25, -0.2) is 0 Å². The lowest BCUT2D eigenvalue weighted by molar-refractivity contribution is -0.111. The molecule has 4 aromatic rings. The maximum absolute atomic E-state index is 12.5. The first-order valence-electron chi connectivity index (χ1n) is 12.7. The van der Waals surface area contributed by atoms with E-state index in [9.17, 15) is 4.79 Å². The zero-order chi connectivity index (χ0) is 26.9. The van der Waals surface area contributed by atoms with Crippen molar-refractivity contribution < 1.29 is 4.79 Å². The molecule has 1 aliphatic rings. The molecule has 6 nitrogen and oxygen atoms in total. The Hall–Kier alpha value is -4.58. The van der Waals surface area contributed by atoms with Crippen LogP contribution in [0.5, 0.6) is 0 Å². The maximum atomic E-state index is 12.5. The third-order valence-electron chi connectivity index (χ3n) is 7.23. The largest absolute Gasteiger partial charge is 0.402 e. The van der Waals surface area contributed by atoms with Crippen molar-refractivity contribution in [3.63, 3.8) is 0 Å². The molecule has 1 aliphatic carbocycles. The van der Waals surface area contributed by atoms with E-state index < -0.39 is 5.54 Å². The van der Waals surface area contributed by atoms with E-state index in [4.69, 9.17) is 20.7 Å². The number of carbonyl (C=O) groups excluding carboxylic acids is 1. The Morgan fingerprint density at radius 2 is 1.79 bits per heavy atom. The second-order valence-electron chi connectivity index (χ2n) is 9.77. The van der Waals surface area contributed by atoms with Crippen molar-refractivity contribution in [1.82, 2.24) is 19.5 Å². The van der Waals surface area contributed by atoms with Gasteiger partial charge in [0.15, 0.2) is 5.78 Å². The summed E-state index contributed by atoms with van der Waals surface area (Å²) >= 11 is 0. The first kappa shape index (κ1) is 25.1. The fourth-order valence-electron chi connectivity index (χ4n) is 5.22. The molecule has 0 aromatic carbocycles. The van der Waals surface area contributed by atoms with Gasteiger partial charge in [0.25, 0.3) is 0 Å². The summed E-state index contributed by atoms with van der Waals surface area (Å²) < 4.78 is 2.18. The minimum atomic E-state index is -0.764. The number of fused-ring (bicyclic) bond motifs is 1. The average Bonchev–Trinajstić information content (AvgIpc) is 3.32. The third kappa shape index (κ3) is 4.28. The Bertz CT molecular complexity index is 1570. The number of Topliss-reactive ketones (excluding diaryl/α,β-unsaturated/α-hetero) is 1. The van der Waals surface area contributed by atoms with Crippen molar-refractivity contribution >= 4 is 28.0 Å². The van der Waals surface area contributed by atoms with Crippen LogP contribution in [0.4, 0.5) is 0 Å². The lowest BCUT2D eigenvalue weighted by atomic mass is 9.91. The van der Waals surface area contributed by atoms with Gasteiger partial charge in [-0.3, -0.25) is 19.7 Å². The highest BCUT2D eigenvalue weighted by Crippen LogP contribution is 2.39. The number of pyridine rings is 3. The molecule has 0 fully saturated rings. The number of rotatable bonds is 7. The molecular weight excluding hydrogens is 470 g/mol. The molecule has 5 rings (SSSR count). The minimum Gasteiger partial charge on any atom is -0.402 e. The van der Waals surface area contributed by atoms with Crippen LogP contribution in [-0.4, -0.2) is 25.3 Å². The Labute approximate surface area is 223 Å². The molecule has 0 radical (unpaired) electrons. The van der Waals surface area contributed by atoms with Crippen molar-refractivity contribution in [1.29, 1.82) is 0 Å². The molecule has 4 aromatic heterocycles. The molecule has 0 aliphatic heterocycles. The summed E-state index contributed by atoms with van der Waals surface area (Å²) in [5.41, 5.74) is 12.4. The van der Waals surface area contributed by atoms with Gasteiger partial charge in [0.05, 0.1) is 22.4 Å². The van der Waals surface area contributed by atoms with Crippen molar-refractivity contribution in [2.45, 2.75) is 32.7 Å². The second kappa shape index (κ2) is 10.1. The summed E-state index contributed by atoms with van der Waals surface area (Å²) in [7, 11) is 0. The van der Waals surface area contributed by atoms with Crippen LogP contribution in [0.25, 0.3) is 22.2 Å². The third-order valence-corrected chi connectivity index (χ3v) is 7.23. The highest BCUT2D eigenvalue weighted by Gasteiger charge is 2.36. The van der Waals surface area contributed by atoms with Gasteiger partial charge < -0.3 is 10.3 Å². The van der Waals surface area contributed by atoms with Crippen LogP contribution in [0, 0.1) is 5.92 Å². The van der Waals surface area contributed by atoms with E-state index >= 15 is 0 Å². The summed E-state index contributed by atoms with van der Waals surface area (Å²) in [5.74, 6) is 0.213. The van der Waals surface area contributed by atoms with Crippen LogP contribution in [0.2, 0.25) is 0 Å².